The van der Waals surface area contributed by atoms with Crippen molar-refractivity contribution in [2.75, 3.05) is 0 Å². The number of fused-ring (bicyclic) bond motifs is 1. The molecule has 0 aliphatic carbocycles. The number of carbonyl (C=O) groups excluding carboxylic acids is 1. The van der Waals surface area contributed by atoms with Gasteiger partial charge in [0.05, 0.1) is 22.5 Å². The van der Waals surface area contributed by atoms with Gasteiger partial charge in [-0.15, -0.1) is 0 Å². The van der Waals surface area contributed by atoms with E-state index < -0.39 is 17.6 Å². The molecule has 5 nitrogen and oxygen atoms in total. The number of pyridine rings is 1. The Hall–Kier alpha value is -3.36. The van der Waals surface area contributed by atoms with Gasteiger partial charge in [-0.3, -0.25) is 9.20 Å². The van der Waals surface area contributed by atoms with Crippen LogP contribution in [0.2, 0.25) is 10.0 Å². The molecular formula is C22H13Cl2F3N4O. The van der Waals surface area contributed by atoms with Gasteiger partial charge in [-0.2, -0.15) is 18.3 Å². The lowest BCUT2D eigenvalue weighted by molar-refractivity contribution is -0.137. The number of nitrogens with one attached hydrogen (secondary N) is 1. The smallest absolute Gasteiger partial charge is 0.297 e. The highest BCUT2D eigenvalue weighted by molar-refractivity contribution is 6.33. The summed E-state index contributed by atoms with van der Waals surface area (Å²) >= 11 is 11.9. The highest BCUT2D eigenvalue weighted by atomic mass is 35.5. The first-order chi connectivity index (χ1) is 15.2. The van der Waals surface area contributed by atoms with Crippen LogP contribution in [0.4, 0.5) is 13.2 Å². The highest BCUT2D eigenvalue weighted by Gasteiger charge is 2.32. The zero-order valence-electron chi connectivity index (χ0n) is 16.1. The molecule has 0 atom stereocenters. The van der Waals surface area contributed by atoms with Crippen molar-refractivity contribution >= 4 is 41.0 Å². The Morgan fingerprint density at radius 3 is 2.41 bits per heavy atom. The van der Waals surface area contributed by atoms with E-state index >= 15 is 0 Å². The Labute approximate surface area is 190 Å². The summed E-state index contributed by atoms with van der Waals surface area (Å²) in [5, 5.41) is 4.24. The lowest BCUT2D eigenvalue weighted by Gasteiger charge is -2.10. The molecule has 0 aliphatic rings. The summed E-state index contributed by atoms with van der Waals surface area (Å²) in [5.74, 6) is -0.486. The van der Waals surface area contributed by atoms with Crippen molar-refractivity contribution < 1.29 is 18.0 Å². The van der Waals surface area contributed by atoms with Gasteiger partial charge in [-0.05, 0) is 30.3 Å². The number of aromatic nitrogens is 2. The zero-order chi connectivity index (χ0) is 22.9. The molecule has 0 radical (unpaired) electrons. The van der Waals surface area contributed by atoms with Crippen LogP contribution in [0.25, 0.3) is 16.9 Å². The van der Waals surface area contributed by atoms with Crippen LogP contribution in [0.5, 0.6) is 0 Å². The molecule has 4 rings (SSSR count). The molecule has 32 heavy (non-hydrogen) atoms. The average Bonchev–Trinajstić information content (AvgIpc) is 3.13. The Balaban J connectivity index is 1.76. The van der Waals surface area contributed by atoms with E-state index in [1.54, 1.807) is 42.5 Å². The van der Waals surface area contributed by atoms with Crippen LogP contribution in [-0.2, 0) is 6.18 Å². The maximum absolute atomic E-state index is 13.3. The second-order valence-corrected chi connectivity index (χ2v) is 7.53. The molecule has 0 saturated heterocycles. The molecule has 4 aromatic rings. The molecule has 0 spiro atoms. The third-order valence-corrected chi connectivity index (χ3v) is 5.07. The van der Waals surface area contributed by atoms with Gasteiger partial charge in [0.15, 0.2) is 5.65 Å². The van der Waals surface area contributed by atoms with E-state index in [0.29, 0.717) is 21.8 Å². The minimum Gasteiger partial charge on any atom is -0.297 e. The fraction of sp³-hybridized carbons (Fsp3) is 0.0455. The molecule has 2 aromatic carbocycles. The number of hydrogen-bond acceptors (Lipinski definition) is 3. The predicted molar refractivity (Wildman–Crippen MR) is 117 cm³/mol. The fourth-order valence-electron chi connectivity index (χ4n) is 3.07. The summed E-state index contributed by atoms with van der Waals surface area (Å²) in [6.45, 7) is 0. The summed E-state index contributed by atoms with van der Waals surface area (Å²) < 4.78 is 41.3. The van der Waals surface area contributed by atoms with Gasteiger partial charge in [0.25, 0.3) is 5.91 Å². The molecule has 0 saturated carbocycles. The number of nitrogens with zero attached hydrogens (tertiary/aromatic N) is 3. The highest BCUT2D eigenvalue weighted by Crippen LogP contribution is 2.35. The number of hydrogen-bond donors (Lipinski definition) is 1. The molecule has 162 valence electrons. The van der Waals surface area contributed by atoms with Gasteiger partial charge in [0, 0.05) is 22.3 Å². The van der Waals surface area contributed by atoms with E-state index in [0.717, 1.165) is 12.3 Å². The SMILES string of the molecule is O=C(N/N=C/c1nc2c(Cl)cc(C(F)(F)F)cn2c1-c1ccccc1)c1ccc(Cl)cc1. The molecule has 0 bridgehead atoms. The second kappa shape index (κ2) is 8.64. The van der Waals surface area contributed by atoms with Crippen molar-refractivity contribution in [1.29, 1.82) is 0 Å². The quantitative estimate of drug-likeness (QED) is 0.286. The number of amides is 1. The molecular weight excluding hydrogens is 464 g/mol. The van der Waals surface area contributed by atoms with Crippen molar-refractivity contribution in [2.45, 2.75) is 6.18 Å². The largest absolute Gasteiger partial charge is 0.417 e. The lowest BCUT2D eigenvalue weighted by atomic mass is 10.1. The summed E-state index contributed by atoms with van der Waals surface area (Å²) in [7, 11) is 0. The fourth-order valence-corrected chi connectivity index (χ4v) is 3.44. The average molecular weight is 477 g/mol. The molecule has 0 fully saturated rings. The van der Waals surface area contributed by atoms with Gasteiger partial charge in [0.1, 0.15) is 5.69 Å². The van der Waals surface area contributed by atoms with Crippen LogP contribution < -0.4 is 5.43 Å². The maximum atomic E-state index is 13.3. The topological polar surface area (TPSA) is 58.8 Å². The minimum atomic E-state index is -4.59. The number of alkyl halides is 3. The number of halogens is 5. The summed E-state index contributed by atoms with van der Waals surface area (Å²) in [6.07, 6.45) is -2.40. The van der Waals surface area contributed by atoms with E-state index in [1.165, 1.54) is 22.7 Å². The Morgan fingerprint density at radius 1 is 1.06 bits per heavy atom. The Kier molecular flexibility index (Phi) is 5.90. The number of carbonyl (C=O) groups is 1. The first kappa shape index (κ1) is 21.9. The Morgan fingerprint density at radius 2 is 1.75 bits per heavy atom. The van der Waals surface area contributed by atoms with Gasteiger partial charge in [-0.25, -0.2) is 10.4 Å². The van der Waals surface area contributed by atoms with E-state index in [1.807, 2.05) is 0 Å². The number of hydrazone groups is 1. The zero-order valence-corrected chi connectivity index (χ0v) is 17.6. The third-order valence-electron chi connectivity index (χ3n) is 4.54. The normalized spacial score (nSPS) is 11.9. The third kappa shape index (κ3) is 4.46. The summed E-state index contributed by atoms with van der Waals surface area (Å²) in [5.41, 5.74) is 3.09. The molecule has 1 amide bonds. The molecule has 10 heteroatoms. The van der Waals surface area contributed by atoms with Crippen molar-refractivity contribution in [2.24, 2.45) is 5.10 Å². The van der Waals surface area contributed by atoms with Crippen LogP contribution in [-0.4, -0.2) is 21.5 Å². The van der Waals surface area contributed by atoms with Crippen LogP contribution in [0.3, 0.4) is 0 Å². The van der Waals surface area contributed by atoms with Gasteiger partial charge >= 0.3 is 6.18 Å². The van der Waals surface area contributed by atoms with Crippen LogP contribution >= 0.6 is 23.2 Å². The van der Waals surface area contributed by atoms with Gasteiger partial charge in [-0.1, -0.05) is 53.5 Å². The molecule has 2 heterocycles. The minimum absolute atomic E-state index is 0.129. The summed E-state index contributed by atoms with van der Waals surface area (Å²) in [4.78, 5) is 16.6. The predicted octanol–water partition coefficient (Wildman–Crippen LogP) is 6.09. The van der Waals surface area contributed by atoms with Crippen molar-refractivity contribution in [3.8, 4) is 11.3 Å². The molecule has 0 unspecified atom stereocenters. The second-order valence-electron chi connectivity index (χ2n) is 6.69. The van der Waals surface area contributed by atoms with Crippen molar-refractivity contribution in [1.82, 2.24) is 14.8 Å². The van der Waals surface area contributed by atoms with Crippen LogP contribution in [0.15, 0.2) is 72.0 Å². The van der Waals surface area contributed by atoms with Gasteiger partial charge < -0.3 is 0 Å². The van der Waals surface area contributed by atoms with Crippen molar-refractivity contribution in [3.63, 3.8) is 0 Å². The molecule has 2 aromatic heterocycles. The number of benzene rings is 2. The first-order valence-electron chi connectivity index (χ1n) is 9.17. The van der Waals surface area contributed by atoms with E-state index in [2.05, 4.69) is 15.5 Å². The van der Waals surface area contributed by atoms with E-state index in [-0.39, 0.29) is 16.4 Å². The van der Waals surface area contributed by atoms with Gasteiger partial charge in [0.2, 0.25) is 0 Å². The maximum Gasteiger partial charge on any atom is 0.417 e. The molecule has 0 aliphatic heterocycles. The Bertz CT molecular complexity index is 1320. The standard InChI is InChI=1S/C22H13Cl2F3N4O/c23-16-8-6-14(7-9-16)21(32)30-28-11-18-19(13-4-2-1-3-5-13)31-12-15(22(25,26)27)10-17(24)20(31)29-18/h1-12H,(H,30,32)/b28-11+. The summed E-state index contributed by atoms with van der Waals surface area (Å²) in [6, 6.07) is 15.7. The monoisotopic (exact) mass is 476 g/mol. The van der Waals surface area contributed by atoms with Crippen molar-refractivity contribution in [3.05, 3.63) is 93.7 Å². The van der Waals surface area contributed by atoms with Crippen LogP contribution in [0.1, 0.15) is 21.6 Å². The van der Waals surface area contributed by atoms with E-state index in [9.17, 15) is 18.0 Å². The molecule has 1 N–H and O–H groups in total. The lowest BCUT2D eigenvalue weighted by Crippen LogP contribution is -2.17. The number of imidazole rings is 1. The number of rotatable bonds is 4. The first-order valence-corrected chi connectivity index (χ1v) is 9.93. The van der Waals surface area contributed by atoms with Crippen LogP contribution in [0, 0.1) is 0 Å². The van der Waals surface area contributed by atoms with E-state index in [4.69, 9.17) is 23.2 Å².